The van der Waals surface area contributed by atoms with Crippen molar-refractivity contribution in [2.24, 2.45) is 11.8 Å². The van der Waals surface area contributed by atoms with Crippen molar-refractivity contribution in [2.45, 2.75) is 19.3 Å². The van der Waals surface area contributed by atoms with Gasteiger partial charge in [0.1, 0.15) is 11.6 Å². The van der Waals surface area contributed by atoms with Crippen molar-refractivity contribution in [2.75, 3.05) is 44.2 Å². The summed E-state index contributed by atoms with van der Waals surface area (Å²) in [5.41, 5.74) is 2.63. The van der Waals surface area contributed by atoms with E-state index in [9.17, 15) is 13.6 Å². The molecule has 3 aromatic rings. The first kappa shape index (κ1) is 23.5. The lowest BCUT2D eigenvalue weighted by molar-refractivity contribution is -0.133. The average Bonchev–Trinajstić information content (AvgIpc) is 3.35. The van der Waals surface area contributed by atoms with Crippen LogP contribution >= 0.6 is 0 Å². The van der Waals surface area contributed by atoms with E-state index in [2.05, 4.69) is 15.4 Å². The Morgan fingerprint density at radius 3 is 2.37 bits per heavy atom. The van der Waals surface area contributed by atoms with Crippen LogP contribution in [-0.2, 0) is 11.2 Å². The first-order chi connectivity index (χ1) is 17.0. The molecule has 0 saturated carbocycles. The van der Waals surface area contributed by atoms with E-state index >= 15 is 0 Å². The molecule has 0 unspecified atom stereocenters. The molecular weight excluding hydrogens is 450 g/mol. The van der Waals surface area contributed by atoms with Gasteiger partial charge in [-0.1, -0.05) is 5.16 Å². The second-order valence-corrected chi connectivity index (χ2v) is 9.45. The molecule has 5 rings (SSSR count). The van der Waals surface area contributed by atoms with Gasteiger partial charge in [-0.15, -0.1) is 0 Å². The Bertz CT molecular complexity index is 1120. The summed E-state index contributed by atoms with van der Waals surface area (Å²) in [5.74, 6) is 0.870. The van der Waals surface area contributed by atoms with Gasteiger partial charge in [0.15, 0.2) is 5.76 Å². The molecule has 6 nitrogen and oxygen atoms in total. The summed E-state index contributed by atoms with van der Waals surface area (Å²) in [5, 5.41) is 7.69. The first-order valence-corrected chi connectivity index (χ1v) is 12.3. The Balaban J connectivity index is 1.16. The van der Waals surface area contributed by atoms with Gasteiger partial charge in [0.2, 0.25) is 5.91 Å². The fourth-order valence-corrected chi connectivity index (χ4v) is 5.13. The third-order valence-corrected chi connectivity index (χ3v) is 7.19. The molecular formula is C27H30F2N4O2. The molecule has 2 atom stereocenters. The third kappa shape index (κ3) is 5.70. The van der Waals surface area contributed by atoms with Crippen molar-refractivity contribution < 1.29 is 18.1 Å². The molecule has 2 aromatic carbocycles. The normalized spacial score (nSPS) is 20.7. The van der Waals surface area contributed by atoms with Gasteiger partial charge in [0.05, 0.1) is 5.69 Å². The topological polar surface area (TPSA) is 61.6 Å². The number of rotatable bonds is 6. The van der Waals surface area contributed by atoms with Crippen molar-refractivity contribution in [1.82, 2.24) is 15.4 Å². The zero-order chi connectivity index (χ0) is 24.2. The van der Waals surface area contributed by atoms with Crippen molar-refractivity contribution in [3.05, 3.63) is 71.9 Å². The molecule has 2 aliphatic rings. The monoisotopic (exact) mass is 480 g/mol. The Morgan fingerprint density at radius 2 is 1.66 bits per heavy atom. The van der Waals surface area contributed by atoms with E-state index in [0.29, 0.717) is 31.2 Å². The molecule has 0 spiro atoms. The number of aromatic nitrogens is 1. The van der Waals surface area contributed by atoms with Gasteiger partial charge in [-0.2, -0.15) is 0 Å². The van der Waals surface area contributed by atoms with Crippen molar-refractivity contribution in [1.29, 1.82) is 0 Å². The highest BCUT2D eigenvalue weighted by Crippen LogP contribution is 2.29. The van der Waals surface area contributed by atoms with Gasteiger partial charge in [-0.05, 0) is 86.3 Å². The summed E-state index contributed by atoms with van der Waals surface area (Å²) in [6.45, 7) is 4.60. The lowest BCUT2D eigenvalue weighted by atomic mass is 9.81. The number of piperazine rings is 1. The maximum absolute atomic E-state index is 13.2. The zero-order valence-electron chi connectivity index (χ0n) is 19.6. The van der Waals surface area contributed by atoms with E-state index in [1.165, 1.54) is 24.3 Å². The highest BCUT2D eigenvalue weighted by molar-refractivity contribution is 5.77. The van der Waals surface area contributed by atoms with Gasteiger partial charge < -0.3 is 19.6 Å². The van der Waals surface area contributed by atoms with Gasteiger partial charge in [-0.25, -0.2) is 8.78 Å². The largest absolute Gasteiger partial charge is 0.368 e. The van der Waals surface area contributed by atoms with Crippen LogP contribution in [0.25, 0.3) is 11.3 Å². The summed E-state index contributed by atoms with van der Waals surface area (Å²) in [7, 11) is 0. The van der Waals surface area contributed by atoms with E-state index < -0.39 is 0 Å². The average molecular weight is 481 g/mol. The molecule has 0 radical (unpaired) electrons. The van der Waals surface area contributed by atoms with Crippen molar-refractivity contribution in [3.63, 3.8) is 0 Å². The van der Waals surface area contributed by atoms with Crippen LogP contribution in [0.3, 0.4) is 0 Å². The fourth-order valence-electron chi connectivity index (χ4n) is 5.13. The van der Waals surface area contributed by atoms with Gasteiger partial charge in [0.25, 0.3) is 0 Å². The maximum atomic E-state index is 13.2. The molecule has 8 heteroatoms. The fraction of sp³-hybridized carbons (Fsp3) is 0.407. The number of carbonyl (C=O) groups is 1. The SMILES string of the molecule is O=C(C[C@@H]1CCNC[C@@H]1Cc1cc(-c2ccc(F)cc2)on1)N1CCN(c2ccc(F)cc2)CC1. The standard InChI is InChI=1S/C27H30F2N4O2/c28-22-3-1-19(2-4-22)26-17-24(31-35-26)15-21-18-30-10-9-20(21)16-27(34)33-13-11-32(12-14-33)25-7-5-23(29)6-8-25/h1-8,17,20-21,30H,9-16,18H2/t20-,21-/m0/s1. The lowest BCUT2D eigenvalue weighted by Crippen LogP contribution is -2.50. The third-order valence-electron chi connectivity index (χ3n) is 7.19. The van der Waals surface area contributed by atoms with Gasteiger partial charge >= 0.3 is 0 Å². The second kappa shape index (κ2) is 10.6. The van der Waals surface area contributed by atoms with Crippen LogP contribution in [0.1, 0.15) is 18.5 Å². The van der Waals surface area contributed by atoms with E-state index in [0.717, 1.165) is 56.0 Å². The minimum Gasteiger partial charge on any atom is -0.368 e. The molecule has 1 amide bonds. The molecule has 3 heterocycles. The smallest absolute Gasteiger partial charge is 0.222 e. The van der Waals surface area contributed by atoms with Crippen LogP contribution in [0.15, 0.2) is 59.1 Å². The quantitative estimate of drug-likeness (QED) is 0.575. The zero-order valence-corrected chi connectivity index (χ0v) is 19.6. The molecule has 1 aromatic heterocycles. The number of nitrogens with one attached hydrogen (secondary N) is 1. The minimum absolute atomic E-state index is 0.202. The Labute approximate surface area is 203 Å². The summed E-state index contributed by atoms with van der Waals surface area (Å²) in [4.78, 5) is 17.3. The molecule has 184 valence electrons. The predicted molar refractivity (Wildman–Crippen MR) is 130 cm³/mol. The first-order valence-electron chi connectivity index (χ1n) is 12.3. The molecule has 0 aliphatic carbocycles. The number of benzene rings is 2. The minimum atomic E-state index is -0.286. The summed E-state index contributed by atoms with van der Waals surface area (Å²) in [6, 6.07) is 14.6. The van der Waals surface area contributed by atoms with Crippen LogP contribution < -0.4 is 10.2 Å². The Morgan fingerprint density at radius 1 is 0.971 bits per heavy atom. The maximum Gasteiger partial charge on any atom is 0.222 e. The van der Waals surface area contributed by atoms with Crippen LogP contribution in [0.5, 0.6) is 0 Å². The molecule has 2 aliphatic heterocycles. The predicted octanol–water partition coefficient (Wildman–Crippen LogP) is 4.13. The number of hydrogen-bond acceptors (Lipinski definition) is 5. The number of halogens is 2. The molecule has 1 N–H and O–H groups in total. The summed E-state index contributed by atoms with van der Waals surface area (Å²) in [6.07, 6.45) is 2.22. The number of amides is 1. The van der Waals surface area contributed by atoms with Gasteiger partial charge in [-0.3, -0.25) is 4.79 Å². The molecule has 2 fully saturated rings. The van der Waals surface area contributed by atoms with Crippen LogP contribution in [-0.4, -0.2) is 55.2 Å². The van der Waals surface area contributed by atoms with E-state index in [4.69, 9.17) is 4.52 Å². The second-order valence-electron chi connectivity index (χ2n) is 9.45. The van der Waals surface area contributed by atoms with Crippen molar-refractivity contribution >= 4 is 11.6 Å². The highest BCUT2D eigenvalue weighted by Gasteiger charge is 2.31. The van der Waals surface area contributed by atoms with Crippen molar-refractivity contribution in [3.8, 4) is 11.3 Å². The Hall–Kier alpha value is -3.26. The van der Waals surface area contributed by atoms with Crippen LogP contribution in [0, 0.1) is 23.5 Å². The van der Waals surface area contributed by atoms with E-state index in [1.54, 1.807) is 24.3 Å². The molecule has 2 saturated heterocycles. The van der Waals surface area contributed by atoms with Gasteiger partial charge in [0, 0.05) is 49.9 Å². The van der Waals surface area contributed by atoms with E-state index in [-0.39, 0.29) is 23.5 Å². The number of anilines is 1. The number of carbonyl (C=O) groups excluding carboxylic acids is 1. The summed E-state index contributed by atoms with van der Waals surface area (Å²) >= 11 is 0. The van der Waals surface area contributed by atoms with Crippen LogP contribution in [0.4, 0.5) is 14.5 Å². The number of nitrogens with zero attached hydrogens (tertiary/aromatic N) is 3. The lowest BCUT2D eigenvalue weighted by Gasteiger charge is -2.38. The Kier molecular flexibility index (Phi) is 7.08. The summed E-state index contributed by atoms with van der Waals surface area (Å²) < 4.78 is 31.9. The molecule has 0 bridgehead atoms. The highest BCUT2D eigenvalue weighted by atomic mass is 19.1. The van der Waals surface area contributed by atoms with E-state index in [1.807, 2.05) is 11.0 Å². The van der Waals surface area contributed by atoms with Crippen LogP contribution in [0.2, 0.25) is 0 Å². The number of piperidine rings is 1. The molecule has 35 heavy (non-hydrogen) atoms. The number of hydrogen-bond donors (Lipinski definition) is 1.